The molecule has 11 nitrogen and oxygen atoms in total. The summed E-state index contributed by atoms with van der Waals surface area (Å²) < 4.78 is 0. The maximum absolute atomic E-state index is 12.3. The van der Waals surface area contributed by atoms with Gasteiger partial charge >= 0.3 is 5.97 Å². The maximum atomic E-state index is 12.3. The van der Waals surface area contributed by atoms with Gasteiger partial charge in [-0.3, -0.25) is 14.4 Å². The molecule has 11 heteroatoms. The fourth-order valence-corrected chi connectivity index (χ4v) is 2.24. The Balaban J connectivity index is 2.69. The van der Waals surface area contributed by atoms with Crippen LogP contribution in [0.5, 0.6) is 5.75 Å². The van der Waals surface area contributed by atoms with Crippen LogP contribution in [0.25, 0.3) is 0 Å². The predicted molar refractivity (Wildman–Crippen MR) is 102 cm³/mol. The molecule has 0 aliphatic carbocycles. The van der Waals surface area contributed by atoms with Gasteiger partial charge in [-0.05, 0) is 31.5 Å². The molecule has 0 radical (unpaired) electrons. The van der Waals surface area contributed by atoms with E-state index in [-0.39, 0.29) is 12.2 Å². The molecule has 0 heterocycles. The molecule has 29 heavy (non-hydrogen) atoms. The average Bonchev–Trinajstić information content (AvgIpc) is 2.66. The Kier molecular flexibility index (Phi) is 9.03. The molecule has 0 aromatic heterocycles. The molecule has 0 aliphatic rings. The third-order valence-electron chi connectivity index (χ3n) is 3.97. The number of amides is 3. The van der Waals surface area contributed by atoms with E-state index in [1.807, 2.05) is 0 Å². The number of phenolic OH excluding ortho intramolecular Hbond substituents is 1. The predicted octanol–water partition coefficient (Wildman–Crippen LogP) is -2.17. The number of aliphatic carboxylic acids is 1. The molecule has 1 rings (SSSR count). The summed E-state index contributed by atoms with van der Waals surface area (Å²) in [5, 5.41) is 34.7. The molecule has 0 spiro atoms. The number of phenols is 1. The molecule has 0 saturated heterocycles. The standard InChI is InChI=1S/C18H26N4O7/c1-9(19)15(25)22-14(8-23)17(27)20-10(2)16(26)21-13(18(28)29)7-11-3-5-12(24)6-4-11/h3-6,9-10,13-14,23-24H,7-8,19H2,1-2H3,(H,20,27)(H,21,26)(H,22,25)(H,28,29). The Morgan fingerprint density at radius 1 is 0.931 bits per heavy atom. The Labute approximate surface area is 167 Å². The molecule has 4 unspecified atom stereocenters. The van der Waals surface area contributed by atoms with Crippen LogP contribution in [0.3, 0.4) is 0 Å². The van der Waals surface area contributed by atoms with Gasteiger partial charge in [0.25, 0.3) is 0 Å². The van der Waals surface area contributed by atoms with Gasteiger partial charge in [0.1, 0.15) is 23.9 Å². The smallest absolute Gasteiger partial charge is 0.326 e. The van der Waals surface area contributed by atoms with Gasteiger partial charge in [-0.15, -0.1) is 0 Å². The number of aliphatic hydroxyl groups excluding tert-OH is 1. The second-order valence-electron chi connectivity index (χ2n) is 6.53. The number of carbonyl (C=O) groups excluding carboxylic acids is 3. The van der Waals surface area contributed by atoms with Crippen molar-refractivity contribution in [2.75, 3.05) is 6.61 Å². The van der Waals surface area contributed by atoms with Crippen LogP contribution in [0.4, 0.5) is 0 Å². The van der Waals surface area contributed by atoms with Crippen LogP contribution in [0.1, 0.15) is 19.4 Å². The Morgan fingerprint density at radius 3 is 1.97 bits per heavy atom. The molecule has 0 aliphatic heterocycles. The second-order valence-corrected chi connectivity index (χ2v) is 6.53. The van der Waals surface area contributed by atoms with Crippen LogP contribution in [0.15, 0.2) is 24.3 Å². The summed E-state index contributed by atoms with van der Waals surface area (Å²) in [5.41, 5.74) is 5.96. The number of nitrogens with one attached hydrogen (secondary N) is 3. The Hall–Kier alpha value is -3.18. The third kappa shape index (κ3) is 7.76. The summed E-state index contributed by atoms with van der Waals surface area (Å²) in [6.07, 6.45) is -0.0360. The van der Waals surface area contributed by atoms with Gasteiger partial charge < -0.3 is 37.0 Å². The van der Waals surface area contributed by atoms with Crippen LogP contribution in [0, 0.1) is 0 Å². The lowest BCUT2D eigenvalue weighted by Crippen LogP contribution is -2.57. The van der Waals surface area contributed by atoms with Crippen LogP contribution in [-0.4, -0.2) is 69.8 Å². The molecular formula is C18H26N4O7. The number of benzene rings is 1. The van der Waals surface area contributed by atoms with Crippen molar-refractivity contribution in [2.24, 2.45) is 5.73 Å². The van der Waals surface area contributed by atoms with Crippen LogP contribution >= 0.6 is 0 Å². The van der Waals surface area contributed by atoms with Crippen molar-refractivity contribution in [2.45, 2.75) is 44.4 Å². The van der Waals surface area contributed by atoms with Gasteiger partial charge in [-0.1, -0.05) is 12.1 Å². The topological polar surface area (TPSA) is 191 Å². The lowest BCUT2D eigenvalue weighted by Gasteiger charge is -2.22. The zero-order valence-corrected chi connectivity index (χ0v) is 16.1. The van der Waals surface area contributed by atoms with E-state index < -0.39 is 54.5 Å². The van der Waals surface area contributed by atoms with E-state index in [4.69, 9.17) is 5.73 Å². The molecule has 0 saturated carbocycles. The minimum Gasteiger partial charge on any atom is -0.508 e. The maximum Gasteiger partial charge on any atom is 0.326 e. The fraction of sp³-hybridized carbons (Fsp3) is 0.444. The number of aromatic hydroxyl groups is 1. The van der Waals surface area contributed by atoms with Gasteiger partial charge in [0.15, 0.2) is 0 Å². The number of carboxylic acid groups (broad SMARTS) is 1. The first-order valence-electron chi connectivity index (χ1n) is 8.83. The highest BCUT2D eigenvalue weighted by Crippen LogP contribution is 2.11. The number of hydrogen-bond acceptors (Lipinski definition) is 7. The molecule has 8 N–H and O–H groups in total. The van der Waals surface area contributed by atoms with Gasteiger partial charge in [-0.25, -0.2) is 4.79 Å². The second kappa shape index (κ2) is 11.0. The SMILES string of the molecule is CC(N)C(=O)NC(CO)C(=O)NC(C)C(=O)NC(Cc1ccc(O)cc1)C(=O)O. The first-order chi connectivity index (χ1) is 13.5. The molecular weight excluding hydrogens is 384 g/mol. The van der Waals surface area contributed by atoms with E-state index in [0.717, 1.165) is 0 Å². The fourth-order valence-electron chi connectivity index (χ4n) is 2.24. The van der Waals surface area contributed by atoms with Gasteiger partial charge in [0.05, 0.1) is 12.6 Å². The zero-order chi connectivity index (χ0) is 22.1. The molecule has 160 valence electrons. The highest BCUT2D eigenvalue weighted by atomic mass is 16.4. The van der Waals surface area contributed by atoms with Crippen LogP contribution < -0.4 is 21.7 Å². The van der Waals surface area contributed by atoms with Crippen LogP contribution in [0.2, 0.25) is 0 Å². The minimum atomic E-state index is -1.31. The normalized spacial score (nSPS) is 14.8. The van der Waals surface area contributed by atoms with Crippen molar-refractivity contribution >= 4 is 23.7 Å². The Bertz CT molecular complexity index is 736. The van der Waals surface area contributed by atoms with Gasteiger partial charge in [0, 0.05) is 6.42 Å². The number of rotatable bonds is 10. The molecule has 1 aromatic rings. The first-order valence-corrected chi connectivity index (χ1v) is 8.83. The number of carbonyl (C=O) groups is 4. The van der Waals surface area contributed by atoms with E-state index in [9.17, 15) is 34.5 Å². The quantitative estimate of drug-likeness (QED) is 0.227. The average molecular weight is 410 g/mol. The largest absolute Gasteiger partial charge is 0.508 e. The van der Waals surface area contributed by atoms with E-state index in [1.165, 1.54) is 38.1 Å². The van der Waals surface area contributed by atoms with E-state index in [2.05, 4.69) is 16.0 Å². The molecule has 0 bridgehead atoms. The number of hydrogen-bond donors (Lipinski definition) is 7. The van der Waals surface area contributed by atoms with Gasteiger partial charge in [-0.2, -0.15) is 0 Å². The molecule has 3 amide bonds. The highest BCUT2D eigenvalue weighted by molar-refractivity contribution is 5.93. The molecule has 0 fully saturated rings. The van der Waals surface area contributed by atoms with Crippen molar-refractivity contribution in [3.63, 3.8) is 0 Å². The van der Waals surface area contributed by atoms with E-state index >= 15 is 0 Å². The number of aliphatic hydroxyl groups is 1. The van der Waals surface area contributed by atoms with Crippen molar-refractivity contribution in [1.29, 1.82) is 0 Å². The monoisotopic (exact) mass is 410 g/mol. The van der Waals surface area contributed by atoms with Gasteiger partial charge in [0.2, 0.25) is 17.7 Å². The van der Waals surface area contributed by atoms with Crippen LogP contribution in [-0.2, 0) is 25.6 Å². The van der Waals surface area contributed by atoms with E-state index in [1.54, 1.807) is 0 Å². The molecule has 4 atom stereocenters. The lowest BCUT2D eigenvalue weighted by atomic mass is 10.1. The van der Waals surface area contributed by atoms with E-state index in [0.29, 0.717) is 5.56 Å². The molecule has 1 aromatic carbocycles. The summed E-state index contributed by atoms with van der Waals surface area (Å²) in [4.78, 5) is 47.4. The summed E-state index contributed by atoms with van der Waals surface area (Å²) in [6, 6.07) is 1.23. The zero-order valence-electron chi connectivity index (χ0n) is 16.1. The van der Waals surface area contributed by atoms with Crippen molar-refractivity contribution in [3.8, 4) is 5.75 Å². The highest BCUT2D eigenvalue weighted by Gasteiger charge is 2.27. The third-order valence-corrected chi connectivity index (χ3v) is 3.97. The Morgan fingerprint density at radius 2 is 1.48 bits per heavy atom. The first kappa shape index (κ1) is 23.9. The summed E-state index contributed by atoms with van der Waals surface area (Å²) >= 11 is 0. The lowest BCUT2D eigenvalue weighted by molar-refractivity contribution is -0.142. The van der Waals surface area contributed by atoms with Crippen molar-refractivity contribution in [3.05, 3.63) is 29.8 Å². The summed E-state index contributed by atoms with van der Waals surface area (Å²) in [7, 11) is 0. The number of nitrogens with two attached hydrogens (primary N) is 1. The summed E-state index contributed by atoms with van der Waals surface area (Å²) in [6.45, 7) is 2.02. The minimum absolute atomic E-state index is 0.0237. The number of carboxylic acids is 1. The van der Waals surface area contributed by atoms with Crippen molar-refractivity contribution in [1.82, 2.24) is 16.0 Å². The van der Waals surface area contributed by atoms with Crippen molar-refractivity contribution < 1.29 is 34.5 Å². The summed E-state index contributed by atoms with van der Waals surface area (Å²) in [5.74, 6) is -3.50.